The molecule has 3 N–H and O–H groups in total. The van der Waals surface area contributed by atoms with Crippen molar-refractivity contribution in [2.75, 3.05) is 5.32 Å². The molecule has 1 unspecified atom stereocenters. The standard InChI is InChI=1S/C12H15BrN2OS/c1-2-3-10(11(14)17)12(16)15-9-6-4-8(13)5-7-9/h4-7,10H,2-3H2,1H3,(H2,14,17)(H,15,16). The summed E-state index contributed by atoms with van der Waals surface area (Å²) in [6.45, 7) is 2.00. The van der Waals surface area contributed by atoms with Crippen molar-refractivity contribution in [2.45, 2.75) is 19.8 Å². The van der Waals surface area contributed by atoms with Gasteiger partial charge in [0.2, 0.25) is 5.91 Å². The highest BCUT2D eigenvalue weighted by atomic mass is 79.9. The Labute approximate surface area is 115 Å². The third-order valence-corrected chi connectivity index (χ3v) is 3.16. The summed E-state index contributed by atoms with van der Waals surface area (Å²) >= 11 is 8.24. The molecule has 0 saturated heterocycles. The fourth-order valence-electron chi connectivity index (χ4n) is 1.45. The zero-order valence-electron chi connectivity index (χ0n) is 9.57. The van der Waals surface area contributed by atoms with Crippen LogP contribution in [0.1, 0.15) is 19.8 Å². The Bertz CT molecular complexity index is 405. The number of rotatable bonds is 5. The lowest BCUT2D eigenvalue weighted by Gasteiger charge is -2.14. The van der Waals surface area contributed by atoms with E-state index in [0.717, 1.165) is 16.6 Å². The van der Waals surface area contributed by atoms with Crippen LogP contribution >= 0.6 is 28.1 Å². The van der Waals surface area contributed by atoms with E-state index in [1.165, 1.54) is 0 Å². The van der Waals surface area contributed by atoms with Gasteiger partial charge in [0.1, 0.15) is 0 Å². The highest BCUT2D eigenvalue weighted by Crippen LogP contribution is 2.16. The number of carbonyl (C=O) groups excluding carboxylic acids is 1. The maximum Gasteiger partial charge on any atom is 0.234 e. The Hall–Kier alpha value is -0.940. The van der Waals surface area contributed by atoms with Gasteiger partial charge in [-0.25, -0.2) is 0 Å². The minimum Gasteiger partial charge on any atom is -0.393 e. The summed E-state index contributed by atoms with van der Waals surface area (Å²) in [5.41, 5.74) is 6.31. The summed E-state index contributed by atoms with van der Waals surface area (Å²) < 4.78 is 0.968. The molecule has 0 heterocycles. The maximum atomic E-state index is 11.9. The van der Waals surface area contributed by atoms with E-state index >= 15 is 0 Å². The molecular weight excluding hydrogens is 300 g/mol. The fraction of sp³-hybridized carbons (Fsp3) is 0.333. The molecule has 3 nitrogen and oxygen atoms in total. The third-order valence-electron chi connectivity index (χ3n) is 2.35. The molecule has 0 aliphatic rings. The lowest BCUT2D eigenvalue weighted by molar-refractivity contribution is -0.118. The SMILES string of the molecule is CCCC(C(=O)Nc1ccc(Br)cc1)C(N)=S. The number of hydrogen-bond donors (Lipinski definition) is 2. The lowest BCUT2D eigenvalue weighted by Crippen LogP contribution is -2.33. The van der Waals surface area contributed by atoms with Crippen molar-refractivity contribution in [3.05, 3.63) is 28.7 Å². The quantitative estimate of drug-likeness (QED) is 0.821. The van der Waals surface area contributed by atoms with E-state index in [9.17, 15) is 4.79 Å². The van der Waals surface area contributed by atoms with Crippen LogP contribution in [0.3, 0.4) is 0 Å². The van der Waals surface area contributed by atoms with E-state index in [-0.39, 0.29) is 10.9 Å². The molecule has 1 atom stereocenters. The molecule has 1 aromatic rings. The summed E-state index contributed by atoms with van der Waals surface area (Å²) in [4.78, 5) is 12.2. The molecule has 92 valence electrons. The van der Waals surface area contributed by atoms with Crippen LogP contribution in [-0.4, -0.2) is 10.9 Å². The van der Waals surface area contributed by atoms with Crippen molar-refractivity contribution in [1.82, 2.24) is 0 Å². The molecule has 0 bridgehead atoms. The molecule has 0 fully saturated rings. The van der Waals surface area contributed by atoms with Gasteiger partial charge in [-0.3, -0.25) is 4.79 Å². The molecule has 5 heteroatoms. The summed E-state index contributed by atoms with van der Waals surface area (Å²) in [5, 5.41) is 2.81. The zero-order chi connectivity index (χ0) is 12.8. The van der Waals surface area contributed by atoms with E-state index in [1.54, 1.807) is 0 Å². The number of anilines is 1. The second-order valence-corrected chi connectivity index (χ2v) is 5.13. The fourth-order valence-corrected chi connectivity index (χ4v) is 1.94. The molecule has 17 heavy (non-hydrogen) atoms. The van der Waals surface area contributed by atoms with Crippen LogP contribution in [0.5, 0.6) is 0 Å². The average Bonchev–Trinajstić information content (AvgIpc) is 2.28. The molecule has 0 aliphatic carbocycles. The normalized spacial score (nSPS) is 11.9. The van der Waals surface area contributed by atoms with Gasteiger partial charge in [0.05, 0.1) is 10.9 Å². The van der Waals surface area contributed by atoms with Gasteiger partial charge in [-0.15, -0.1) is 0 Å². The number of carbonyl (C=O) groups is 1. The van der Waals surface area contributed by atoms with Gasteiger partial charge in [0, 0.05) is 10.2 Å². The maximum absolute atomic E-state index is 11.9. The largest absolute Gasteiger partial charge is 0.393 e. The molecule has 0 aliphatic heterocycles. The number of amides is 1. The van der Waals surface area contributed by atoms with Crippen LogP contribution < -0.4 is 11.1 Å². The lowest BCUT2D eigenvalue weighted by atomic mass is 10.0. The van der Waals surface area contributed by atoms with Crippen molar-refractivity contribution in [3.8, 4) is 0 Å². The summed E-state index contributed by atoms with van der Waals surface area (Å²) in [5.74, 6) is -0.527. The molecule has 1 aromatic carbocycles. The van der Waals surface area contributed by atoms with Crippen molar-refractivity contribution < 1.29 is 4.79 Å². The Morgan fingerprint density at radius 3 is 2.53 bits per heavy atom. The van der Waals surface area contributed by atoms with Crippen molar-refractivity contribution in [2.24, 2.45) is 11.7 Å². The van der Waals surface area contributed by atoms with Crippen molar-refractivity contribution in [3.63, 3.8) is 0 Å². The van der Waals surface area contributed by atoms with Gasteiger partial charge in [-0.05, 0) is 30.7 Å². The first-order chi connectivity index (χ1) is 8.04. The van der Waals surface area contributed by atoms with E-state index < -0.39 is 5.92 Å². The van der Waals surface area contributed by atoms with E-state index in [2.05, 4.69) is 21.2 Å². The first-order valence-corrected chi connectivity index (χ1v) is 6.60. The molecule has 0 saturated carbocycles. The van der Waals surface area contributed by atoms with Crippen LogP contribution in [-0.2, 0) is 4.79 Å². The smallest absolute Gasteiger partial charge is 0.234 e. The topological polar surface area (TPSA) is 55.1 Å². The van der Waals surface area contributed by atoms with Crippen LogP contribution in [0.2, 0.25) is 0 Å². The molecule has 0 radical (unpaired) electrons. The monoisotopic (exact) mass is 314 g/mol. The molecule has 0 spiro atoms. The first-order valence-electron chi connectivity index (χ1n) is 5.40. The van der Waals surface area contributed by atoms with Crippen LogP contribution in [0.15, 0.2) is 28.7 Å². The first kappa shape index (κ1) is 14.1. The Kier molecular flexibility index (Phi) is 5.58. The minimum atomic E-state index is -0.390. The number of nitrogens with two attached hydrogens (primary N) is 1. The minimum absolute atomic E-state index is 0.137. The summed E-state index contributed by atoms with van der Waals surface area (Å²) in [6, 6.07) is 7.38. The van der Waals surface area contributed by atoms with E-state index in [1.807, 2.05) is 31.2 Å². The Morgan fingerprint density at radius 2 is 2.06 bits per heavy atom. The predicted molar refractivity (Wildman–Crippen MR) is 78.0 cm³/mol. The highest BCUT2D eigenvalue weighted by Gasteiger charge is 2.20. The zero-order valence-corrected chi connectivity index (χ0v) is 12.0. The Morgan fingerprint density at radius 1 is 1.47 bits per heavy atom. The van der Waals surface area contributed by atoms with Gasteiger partial charge < -0.3 is 11.1 Å². The van der Waals surface area contributed by atoms with Gasteiger partial charge in [-0.2, -0.15) is 0 Å². The third kappa shape index (κ3) is 4.44. The van der Waals surface area contributed by atoms with Gasteiger partial charge in [-0.1, -0.05) is 41.5 Å². The van der Waals surface area contributed by atoms with Gasteiger partial charge in [0.15, 0.2) is 0 Å². The van der Waals surface area contributed by atoms with Gasteiger partial charge >= 0.3 is 0 Å². The highest BCUT2D eigenvalue weighted by molar-refractivity contribution is 9.10. The van der Waals surface area contributed by atoms with E-state index in [0.29, 0.717) is 6.42 Å². The van der Waals surface area contributed by atoms with Crippen molar-refractivity contribution in [1.29, 1.82) is 0 Å². The molecular formula is C12H15BrN2OS. The van der Waals surface area contributed by atoms with E-state index in [4.69, 9.17) is 18.0 Å². The summed E-state index contributed by atoms with van der Waals surface area (Å²) in [7, 11) is 0. The number of thiocarbonyl (C=S) groups is 1. The van der Waals surface area contributed by atoms with Crippen LogP contribution in [0.4, 0.5) is 5.69 Å². The number of hydrogen-bond acceptors (Lipinski definition) is 2. The molecule has 0 aromatic heterocycles. The van der Waals surface area contributed by atoms with Crippen LogP contribution in [0, 0.1) is 5.92 Å². The summed E-state index contributed by atoms with van der Waals surface area (Å²) in [6.07, 6.45) is 1.55. The second kappa shape index (κ2) is 6.71. The Balaban J connectivity index is 2.69. The average molecular weight is 315 g/mol. The van der Waals surface area contributed by atoms with Crippen LogP contribution in [0.25, 0.3) is 0 Å². The van der Waals surface area contributed by atoms with Crippen molar-refractivity contribution >= 4 is 44.7 Å². The number of halogens is 1. The second-order valence-electron chi connectivity index (χ2n) is 3.74. The number of nitrogens with one attached hydrogen (secondary N) is 1. The van der Waals surface area contributed by atoms with Gasteiger partial charge in [0.25, 0.3) is 0 Å². The number of benzene rings is 1. The molecule has 1 rings (SSSR count). The molecule has 1 amide bonds. The predicted octanol–water partition coefficient (Wildman–Crippen LogP) is 3.09.